The summed E-state index contributed by atoms with van der Waals surface area (Å²) in [5.74, 6) is 6.19. The molecule has 2 aliphatic rings. The zero-order chi connectivity index (χ0) is 15.8. The van der Waals surface area contributed by atoms with E-state index in [2.05, 4.69) is 69.2 Å². The normalized spacial score (nSPS) is 27.5. The molecule has 4 atom stereocenters. The Morgan fingerprint density at radius 1 is 0.462 bits per heavy atom. The van der Waals surface area contributed by atoms with Gasteiger partial charge in [-0.3, -0.25) is 0 Å². The summed E-state index contributed by atoms with van der Waals surface area (Å²) in [6.07, 6.45) is 0. The van der Waals surface area contributed by atoms with Crippen LogP contribution in [0, 0.1) is 35.5 Å². The molecular formula is C20H34Cl4Rh2. The van der Waals surface area contributed by atoms with Gasteiger partial charge >= 0.3 is 39.0 Å². The molecule has 0 spiro atoms. The second-order valence-corrected chi connectivity index (χ2v) is 7.11. The van der Waals surface area contributed by atoms with Gasteiger partial charge in [0.2, 0.25) is 0 Å². The van der Waals surface area contributed by atoms with Crippen molar-refractivity contribution in [1.29, 1.82) is 0 Å². The summed E-state index contributed by atoms with van der Waals surface area (Å²) in [5, 5.41) is 0. The van der Waals surface area contributed by atoms with Gasteiger partial charge in [-0.25, -0.2) is 0 Å². The second kappa shape index (κ2) is 17.7. The molecule has 0 radical (unpaired) electrons. The van der Waals surface area contributed by atoms with Crippen LogP contribution < -0.4 is 49.6 Å². The first-order valence-electron chi connectivity index (χ1n) is 8.12. The minimum absolute atomic E-state index is 0. The van der Waals surface area contributed by atoms with Gasteiger partial charge in [0.25, 0.3) is 0 Å². The van der Waals surface area contributed by atoms with Crippen molar-refractivity contribution in [2.24, 2.45) is 23.7 Å². The molecule has 0 nitrogen and oxygen atoms in total. The summed E-state index contributed by atoms with van der Waals surface area (Å²) in [6.45, 7) is 22.8. The van der Waals surface area contributed by atoms with E-state index < -0.39 is 0 Å². The molecule has 0 fully saturated rings. The van der Waals surface area contributed by atoms with Gasteiger partial charge in [0, 0.05) is 0 Å². The predicted octanol–water partition coefficient (Wildman–Crippen LogP) is -5.58. The molecule has 0 aromatic rings. The van der Waals surface area contributed by atoms with Gasteiger partial charge < -0.3 is 61.5 Å². The van der Waals surface area contributed by atoms with E-state index in [4.69, 9.17) is 0 Å². The number of halogens is 4. The molecule has 4 unspecified atom stereocenters. The molecule has 0 N–H and O–H groups in total. The van der Waals surface area contributed by atoms with E-state index in [1.165, 1.54) is 0 Å². The van der Waals surface area contributed by atoms with Crippen LogP contribution in [0.15, 0.2) is 22.3 Å². The third-order valence-corrected chi connectivity index (χ3v) is 6.57. The zero-order valence-corrected chi connectivity index (χ0v) is 23.8. The van der Waals surface area contributed by atoms with Crippen molar-refractivity contribution in [1.82, 2.24) is 0 Å². The molecule has 6 heteroatoms. The molecule has 0 bridgehead atoms. The molecular weight excluding hydrogens is 588 g/mol. The maximum absolute atomic E-state index is 2.30. The summed E-state index contributed by atoms with van der Waals surface area (Å²) < 4.78 is 0. The molecule has 2 aliphatic carbocycles. The van der Waals surface area contributed by atoms with Crippen LogP contribution in [0.25, 0.3) is 0 Å². The van der Waals surface area contributed by atoms with Crippen LogP contribution in [0.2, 0.25) is 0 Å². The fraction of sp³-hybridized carbons (Fsp3) is 0.700. The topological polar surface area (TPSA) is 0 Å². The van der Waals surface area contributed by atoms with Crippen LogP contribution in [0.3, 0.4) is 0 Å². The number of rotatable bonds is 0. The quantitative estimate of drug-likeness (QED) is 0.144. The van der Waals surface area contributed by atoms with E-state index in [0.29, 0.717) is 0 Å². The Hall–Kier alpha value is 1.89. The van der Waals surface area contributed by atoms with E-state index in [1.807, 2.05) is 0 Å². The van der Waals surface area contributed by atoms with Gasteiger partial charge in [-0.2, -0.15) is 13.8 Å². The Kier molecular flexibility index (Phi) is 28.7. The van der Waals surface area contributed by atoms with Crippen LogP contribution in [0.5, 0.6) is 0 Å². The monoisotopic (exact) mass is 620 g/mol. The van der Waals surface area contributed by atoms with E-state index in [0.717, 1.165) is 23.7 Å². The molecule has 0 aliphatic heterocycles. The summed E-state index contributed by atoms with van der Waals surface area (Å²) >= 11 is 0. The molecule has 0 saturated carbocycles. The van der Waals surface area contributed by atoms with Gasteiger partial charge in [0.1, 0.15) is 0 Å². The summed E-state index contributed by atoms with van der Waals surface area (Å²) in [7, 11) is 0. The maximum atomic E-state index is 2.30. The third kappa shape index (κ3) is 9.14. The van der Waals surface area contributed by atoms with E-state index in [-0.39, 0.29) is 88.6 Å². The van der Waals surface area contributed by atoms with E-state index in [9.17, 15) is 0 Å². The predicted molar refractivity (Wildman–Crippen MR) is 91.2 cm³/mol. The molecule has 0 aromatic carbocycles. The van der Waals surface area contributed by atoms with Gasteiger partial charge in [0.15, 0.2) is 0 Å². The first-order chi connectivity index (χ1) is 9.11. The van der Waals surface area contributed by atoms with Crippen molar-refractivity contribution >= 4 is 0 Å². The minimum Gasteiger partial charge on any atom is -1.00 e. The molecule has 0 heterocycles. The first-order valence-corrected chi connectivity index (χ1v) is 8.12. The van der Waals surface area contributed by atoms with Crippen molar-refractivity contribution < 1.29 is 88.6 Å². The van der Waals surface area contributed by atoms with Crippen LogP contribution in [-0.4, -0.2) is 0 Å². The Bertz CT molecular complexity index is 360. The number of hydrogen-bond donors (Lipinski definition) is 0. The Morgan fingerprint density at radius 2 is 0.577 bits per heavy atom. The number of hydrogen-bond acceptors (Lipinski definition) is 0. The third-order valence-electron chi connectivity index (χ3n) is 6.57. The fourth-order valence-electron chi connectivity index (χ4n) is 3.48. The van der Waals surface area contributed by atoms with E-state index in [1.54, 1.807) is 34.1 Å². The van der Waals surface area contributed by atoms with Crippen LogP contribution in [0.1, 0.15) is 69.2 Å². The van der Waals surface area contributed by atoms with E-state index >= 15 is 0 Å². The maximum Gasteiger partial charge on any atom is 3.00 e. The van der Waals surface area contributed by atoms with Gasteiger partial charge in [-0.05, 0) is 27.7 Å². The SMILES string of the molecule is CC1=C(C)C(C)[C-](C)C1C.CC1=C(C)C(C)[C-](C)C1C.[Cl-].[Cl-].[Cl-].[Cl-].[Rh+3].[Rh+3]. The van der Waals surface area contributed by atoms with Gasteiger partial charge in [-0.1, -0.05) is 27.7 Å². The second-order valence-electron chi connectivity index (χ2n) is 7.11. The largest absolute Gasteiger partial charge is 3.00 e. The van der Waals surface area contributed by atoms with Crippen molar-refractivity contribution in [2.75, 3.05) is 0 Å². The molecule has 0 amide bonds. The zero-order valence-electron chi connectivity index (χ0n) is 17.5. The van der Waals surface area contributed by atoms with Crippen molar-refractivity contribution in [2.45, 2.75) is 69.2 Å². The van der Waals surface area contributed by atoms with Crippen LogP contribution >= 0.6 is 0 Å². The number of allylic oxidation sites excluding steroid dienone is 4. The molecule has 160 valence electrons. The Morgan fingerprint density at radius 3 is 0.615 bits per heavy atom. The standard InChI is InChI=1S/2C10H17.4ClH.2Rh/c2*1-6-7(2)9(4)10(5)8(6)3;;;;;;/h2*6,9H,1-5H3;4*1H;;/q2*-1;;;;;2*+3/p-4. The smallest absolute Gasteiger partial charge is 1.00 e. The van der Waals surface area contributed by atoms with Crippen molar-refractivity contribution in [3.63, 3.8) is 0 Å². The average Bonchev–Trinajstić information content (AvgIpc) is 2.71. The Labute approximate surface area is 214 Å². The van der Waals surface area contributed by atoms with Gasteiger partial charge in [0.05, 0.1) is 0 Å². The fourth-order valence-corrected chi connectivity index (χ4v) is 3.48. The molecule has 2 rings (SSSR count). The van der Waals surface area contributed by atoms with Gasteiger partial charge in [-0.15, -0.1) is 46.0 Å². The molecule has 0 saturated heterocycles. The average molecular weight is 622 g/mol. The minimum atomic E-state index is 0. The van der Waals surface area contributed by atoms with Crippen molar-refractivity contribution in [3.8, 4) is 0 Å². The van der Waals surface area contributed by atoms with Crippen LogP contribution in [0.4, 0.5) is 0 Å². The van der Waals surface area contributed by atoms with Crippen LogP contribution in [-0.2, 0) is 39.0 Å². The Balaban J connectivity index is -0.0000000625. The van der Waals surface area contributed by atoms with Crippen molar-refractivity contribution in [3.05, 3.63) is 34.1 Å². The summed E-state index contributed by atoms with van der Waals surface area (Å²) in [6, 6.07) is 0. The summed E-state index contributed by atoms with van der Waals surface area (Å²) in [4.78, 5) is 0. The summed E-state index contributed by atoms with van der Waals surface area (Å²) in [5.41, 5.74) is 6.35. The first kappa shape index (κ1) is 42.1. The molecule has 0 aromatic heterocycles. The molecule has 26 heavy (non-hydrogen) atoms.